The zero-order valence-electron chi connectivity index (χ0n) is 11.9. The lowest BCUT2D eigenvalue weighted by atomic mass is 9.99. The van der Waals surface area contributed by atoms with Crippen LogP contribution in [0.2, 0.25) is 0 Å². The highest BCUT2D eigenvalue weighted by atomic mass is 16.1. The first-order valence-corrected chi connectivity index (χ1v) is 8.10. The van der Waals surface area contributed by atoms with Gasteiger partial charge in [0.15, 0.2) is 0 Å². The Balaban J connectivity index is 1.30. The first kappa shape index (κ1) is 13.4. The molecule has 3 fully saturated rings. The minimum absolute atomic E-state index is 0.245. The number of carbonyl (C=O) groups is 1. The highest BCUT2D eigenvalue weighted by Crippen LogP contribution is 2.27. The van der Waals surface area contributed by atoms with Gasteiger partial charge >= 0.3 is 0 Å². The van der Waals surface area contributed by atoms with Crippen molar-refractivity contribution in [1.29, 1.82) is 0 Å². The SMILES string of the molecule is O=C(CCCNC1CCN2CCCCC12)NC1CC1. The van der Waals surface area contributed by atoms with Gasteiger partial charge in [0, 0.05) is 31.1 Å². The van der Waals surface area contributed by atoms with Crippen LogP contribution in [-0.4, -0.2) is 48.6 Å². The maximum atomic E-state index is 11.6. The Morgan fingerprint density at radius 1 is 1.11 bits per heavy atom. The fourth-order valence-electron chi connectivity index (χ4n) is 3.55. The first-order chi connectivity index (χ1) is 9.33. The predicted octanol–water partition coefficient (Wildman–Crippen LogP) is 1.26. The molecule has 2 atom stereocenters. The molecule has 3 rings (SSSR count). The van der Waals surface area contributed by atoms with Gasteiger partial charge in [0.1, 0.15) is 0 Å². The largest absolute Gasteiger partial charge is 0.353 e. The Hall–Kier alpha value is -0.610. The highest BCUT2D eigenvalue weighted by Gasteiger charge is 2.34. The number of nitrogens with one attached hydrogen (secondary N) is 2. The van der Waals surface area contributed by atoms with Gasteiger partial charge in [-0.05, 0) is 51.6 Å². The summed E-state index contributed by atoms with van der Waals surface area (Å²) in [6, 6.07) is 1.95. The van der Waals surface area contributed by atoms with Crippen LogP contribution in [0.15, 0.2) is 0 Å². The molecule has 2 saturated heterocycles. The molecule has 2 aliphatic heterocycles. The van der Waals surface area contributed by atoms with Crippen LogP contribution in [0.25, 0.3) is 0 Å². The van der Waals surface area contributed by atoms with Crippen molar-refractivity contribution in [2.24, 2.45) is 0 Å². The number of nitrogens with zero attached hydrogens (tertiary/aromatic N) is 1. The molecule has 108 valence electrons. The number of piperidine rings is 1. The maximum absolute atomic E-state index is 11.6. The summed E-state index contributed by atoms with van der Waals surface area (Å²) in [5.74, 6) is 0.245. The molecule has 0 spiro atoms. The number of fused-ring (bicyclic) bond motifs is 1. The second-order valence-corrected chi connectivity index (χ2v) is 6.39. The fourth-order valence-corrected chi connectivity index (χ4v) is 3.55. The van der Waals surface area contributed by atoms with Crippen molar-refractivity contribution in [1.82, 2.24) is 15.5 Å². The van der Waals surface area contributed by atoms with E-state index in [0.717, 1.165) is 19.0 Å². The van der Waals surface area contributed by atoms with E-state index in [1.54, 1.807) is 0 Å². The van der Waals surface area contributed by atoms with Gasteiger partial charge in [0.05, 0.1) is 0 Å². The van der Waals surface area contributed by atoms with Crippen LogP contribution in [0.3, 0.4) is 0 Å². The minimum atomic E-state index is 0.245. The molecule has 0 aromatic heterocycles. The summed E-state index contributed by atoms with van der Waals surface area (Å²) in [4.78, 5) is 14.2. The molecule has 4 heteroatoms. The van der Waals surface area contributed by atoms with Gasteiger partial charge in [0.25, 0.3) is 0 Å². The van der Waals surface area contributed by atoms with Crippen LogP contribution in [0.1, 0.15) is 51.4 Å². The number of rotatable bonds is 6. The van der Waals surface area contributed by atoms with Crippen LogP contribution >= 0.6 is 0 Å². The van der Waals surface area contributed by atoms with Crippen LogP contribution in [0.5, 0.6) is 0 Å². The van der Waals surface area contributed by atoms with Gasteiger partial charge in [0.2, 0.25) is 5.91 Å². The molecule has 19 heavy (non-hydrogen) atoms. The van der Waals surface area contributed by atoms with E-state index in [4.69, 9.17) is 0 Å². The molecule has 0 bridgehead atoms. The topological polar surface area (TPSA) is 44.4 Å². The average molecular weight is 265 g/mol. The molecule has 0 aromatic carbocycles. The van der Waals surface area contributed by atoms with Crippen molar-refractivity contribution in [2.75, 3.05) is 19.6 Å². The lowest BCUT2D eigenvalue weighted by Crippen LogP contribution is -2.45. The molecule has 1 saturated carbocycles. The molecular formula is C15H27N3O. The number of hydrogen-bond donors (Lipinski definition) is 2. The van der Waals surface area contributed by atoms with Crippen molar-refractivity contribution in [3.63, 3.8) is 0 Å². The Bertz CT molecular complexity index is 317. The quantitative estimate of drug-likeness (QED) is 0.711. The normalized spacial score (nSPS) is 31.2. The summed E-state index contributed by atoms with van der Waals surface area (Å²) in [7, 11) is 0. The van der Waals surface area contributed by atoms with Crippen LogP contribution in [0.4, 0.5) is 0 Å². The number of carbonyl (C=O) groups excluding carboxylic acids is 1. The number of hydrogen-bond acceptors (Lipinski definition) is 3. The predicted molar refractivity (Wildman–Crippen MR) is 76.0 cm³/mol. The van der Waals surface area contributed by atoms with Gasteiger partial charge < -0.3 is 10.6 Å². The van der Waals surface area contributed by atoms with E-state index in [1.807, 2.05) is 0 Å². The summed E-state index contributed by atoms with van der Waals surface area (Å²) in [6.45, 7) is 3.56. The zero-order valence-corrected chi connectivity index (χ0v) is 11.9. The third-order valence-electron chi connectivity index (χ3n) is 4.79. The van der Waals surface area contributed by atoms with Crippen LogP contribution in [-0.2, 0) is 4.79 Å². The van der Waals surface area contributed by atoms with Crippen molar-refractivity contribution in [2.45, 2.75) is 69.5 Å². The van der Waals surface area contributed by atoms with Crippen molar-refractivity contribution in [3.05, 3.63) is 0 Å². The van der Waals surface area contributed by atoms with Crippen molar-refractivity contribution >= 4 is 5.91 Å². The highest BCUT2D eigenvalue weighted by molar-refractivity contribution is 5.76. The summed E-state index contributed by atoms with van der Waals surface area (Å²) >= 11 is 0. The van der Waals surface area contributed by atoms with Crippen molar-refractivity contribution < 1.29 is 4.79 Å². The average Bonchev–Trinajstić information content (AvgIpc) is 3.14. The van der Waals surface area contributed by atoms with Gasteiger partial charge in [-0.15, -0.1) is 0 Å². The molecule has 1 amide bonds. The minimum Gasteiger partial charge on any atom is -0.353 e. The Morgan fingerprint density at radius 2 is 2.00 bits per heavy atom. The molecule has 0 aromatic rings. The standard InChI is InChI=1S/C15H27N3O/c19-15(17-12-6-7-12)5-3-9-16-13-8-11-18-10-2-1-4-14(13)18/h12-14,16H,1-11H2,(H,17,19). The van der Waals surface area contributed by atoms with E-state index in [2.05, 4.69) is 15.5 Å². The van der Waals surface area contributed by atoms with Gasteiger partial charge in [-0.25, -0.2) is 0 Å². The van der Waals surface area contributed by atoms with Crippen molar-refractivity contribution in [3.8, 4) is 0 Å². The van der Waals surface area contributed by atoms with E-state index < -0.39 is 0 Å². The van der Waals surface area contributed by atoms with E-state index in [9.17, 15) is 4.79 Å². The maximum Gasteiger partial charge on any atom is 0.220 e. The Kier molecular flexibility index (Phi) is 4.38. The molecule has 4 nitrogen and oxygen atoms in total. The van der Waals surface area contributed by atoms with E-state index in [0.29, 0.717) is 18.5 Å². The summed E-state index contributed by atoms with van der Waals surface area (Å²) in [6.07, 6.45) is 9.45. The summed E-state index contributed by atoms with van der Waals surface area (Å²) in [5, 5.41) is 6.74. The third kappa shape index (κ3) is 3.69. The first-order valence-electron chi connectivity index (χ1n) is 8.10. The van der Waals surface area contributed by atoms with Crippen LogP contribution in [0, 0.1) is 0 Å². The van der Waals surface area contributed by atoms with Gasteiger partial charge in [-0.2, -0.15) is 0 Å². The molecule has 2 unspecified atom stereocenters. The lowest BCUT2D eigenvalue weighted by molar-refractivity contribution is -0.121. The molecule has 3 aliphatic rings. The van der Waals surface area contributed by atoms with Gasteiger partial charge in [-0.1, -0.05) is 6.42 Å². The third-order valence-corrected chi connectivity index (χ3v) is 4.79. The lowest BCUT2D eigenvalue weighted by Gasteiger charge is -2.32. The summed E-state index contributed by atoms with van der Waals surface area (Å²) in [5.41, 5.74) is 0. The smallest absolute Gasteiger partial charge is 0.220 e. The molecule has 1 aliphatic carbocycles. The zero-order chi connectivity index (χ0) is 13.1. The number of amides is 1. The Labute approximate surface area is 116 Å². The molecule has 0 radical (unpaired) electrons. The van der Waals surface area contributed by atoms with E-state index in [-0.39, 0.29) is 5.91 Å². The van der Waals surface area contributed by atoms with Gasteiger partial charge in [-0.3, -0.25) is 9.69 Å². The van der Waals surface area contributed by atoms with E-state index >= 15 is 0 Å². The Morgan fingerprint density at radius 3 is 2.84 bits per heavy atom. The van der Waals surface area contributed by atoms with Crippen LogP contribution < -0.4 is 10.6 Å². The molecule has 2 N–H and O–H groups in total. The monoisotopic (exact) mass is 265 g/mol. The summed E-state index contributed by atoms with van der Waals surface area (Å²) < 4.78 is 0. The molecular weight excluding hydrogens is 238 g/mol. The van der Waals surface area contributed by atoms with E-state index in [1.165, 1.54) is 51.6 Å². The second-order valence-electron chi connectivity index (χ2n) is 6.39. The molecule has 2 heterocycles. The second kappa shape index (κ2) is 6.23. The fraction of sp³-hybridized carbons (Fsp3) is 0.933.